The van der Waals surface area contributed by atoms with Crippen LogP contribution in [0.25, 0.3) is 0 Å². The molecule has 0 bridgehead atoms. The summed E-state index contributed by atoms with van der Waals surface area (Å²) in [5.74, 6) is -2.01. The van der Waals surface area contributed by atoms with Gasteiger partial charge in [0.2, 0.25) is 0 Å². The first-order chi connectivity index (χ1) is 18.4. The Kier molecular flexibility index (Phi) is 6.78. The van der Waals surface area contributed by atoms with Crippen molar-refractivity contribution in [3.8, 4) is 5.75 Å². The summed E-state index contributed by atoms with van der Waals surface area (Å²) >= 11 is 0. The largest absolute Gasteiger partial charge is 0.457 e. The number of benzene rings is 3. The zero-order chi connectivity index (χ0) is 26.6. The van der Waals surface area contributed by atoms with Crippen molar-refractivity contribution in [2.45, 2.75) is 20.1 Å². The summed E-state index contributed by atoms with van der Waals surface area (Å²) in [5, 5.41) is 0. The van der Waals surface area contributed by atoms with Gasteiger partial charge < -0.3 is 9.47 Å². The zero-order valence-corrected chi connectivity index (χ0v) is 20.4. The molecule has 38 heavy (non-hydrogen) atoms. The average molecular weight is 507 g/mol. The second-order valence-corrected chi connectivity index (χ2v) is 8.62. The molecule has 0 radical (unpaired) electrons. The fourth-order valence-corrected chi connectivity index (χ4v) is 4.18. The van der Waals surface area contributed by atoms with E-state index in [9.17, 15) is 19.2 Å². The number of pyridine rings is 1. The molecule has 3 aromatic carbocycles. The summed E-state index contributed by atoms with van der Waals surface area (Å²) in [7, 11) is 0. The molecular formula is C30H22N2O6. The summed E-state index contributed by atoms with van der Waals surface area (Å²) in [6.07, 6.45) is 1.49. The van der Waals surface area contributed by atoms with Crippen LogP contribution in [0.4, 0.5) is 0 Å². The van der Waals surface area contributed by atoms with Crippen LogP contribution in [0.15, 0.2) is 91.1 Å². The topological polar surface area (TPSA) is 103 Å². The first-order valence-electron chi connectivity index (χ1n) is 11.9. The van der Waals surface area contributed by atoms with Crippen LogP contribution in [0.3, 0.4) is 0 Å². The van der Waals surface area contributed by atoms with Gasteiger partial charge in [0.25, 0.3) is 11.8 Å². The van der Waals surface area contributed by atoms with Gasteiger partial charge in [-0.2, -0.15) is 0 Å². The molecule has 0 atom stereocenters. The van der Waals surface area contributed by atoms with E-state index >= 15 is 0 Å². The average Bonchev–Trinajstić information content (AvgIpc) is 3.20. The third-order valence-electron chi connectivity index (χ3n) is 6.17. The minimum Gasteiger partial charge on any atom is -0.457 e. The summed E-state index contributed by atoms with van der Waals surface area (Å²) in [5.41, 5.74) is 2.39. The number of ether oxygens (including phenoxy) is 2. The molecule has 0 spiro atoms. The third-order valence-corrected chi connectivity index (χ3v) is 6.17. The van der Waals surface area contributed by atoms with Crippen molar-refractivity contribution in [2.75, 3.05) is 0 Å². The number of aromatic nitrogens is 1. The molecule has 0 unspecified atom stereocenters. The Labute approximate surface area is 218 Å². The number of hydrogen-bond donors (Lipinski definition) is 0. The van der Waals surface area contributed by atoms with Gasteiger partial charge in [-0.05, 0) is 43.3 Å². The van der Waals surface area contributed by atoms with Crippen molar-refractivity contribution in [1.29, 1.82) is 0 Å². The monoisotopic (exact) mass is 506 g/mol. The number of aryl methyl sites for hydroxylation is 1. The summed E-state index contributed by atoms with van der Waals surface area (Å²) < 4.78 is 11.3. The van der Waals surface area contributed by atoms with E-state index in [1.54, 1.807) is 91.9 Å². The molecule has 0 saturated heterocycles. The highest BCUT2D eigenvalue weighted by Crippen LogP contribution is 2.32. The number of carbonyl (C=O) groups excluding carboxylic acids is 4. The number of amides is 2. The Balaban J connectivity index is 1.50. The highest BCUT2D eigenvalue weighted by molar-refractivity contribution is 6.21. The molecule has 2 amide bonds. The molecule has 1 aliphatic heterocycles. The fourth-order valence-electron chi connectivity index (χ4n) is 4.18. The van der Waals surface area contributed by atoms with Crippen LogP contribution >= 0.6 is 0 Å². The Morgan fingerprint density at radius 1 is 0.763 bits per heavy atom. The number of imide groups is 1. The van der Waals surface area contributed by atoms with E-state index in [2.05, 4.69) is 4.98 Å². The van der Waals surface area contributed by atoms with Crippen LogP contribution in [0, 0.1) is 6.92 Å². The summed E-state index contributed by atoms with van der Waals surface area (Å²) in [6.45, 7) is 1.24. The molecule has 4 aromatic rings. The van der Waals surface area contributed by atoms with E-state index in [4.69, 9.17) is 9.47 Å². The number of rotatable bonds is 7. The Morgan fingerprint density at radius 3 is 1.87 bits per heavy atom. The Morgan fingerprint density at radius 2 is 1.29 bits per heavy atom. The van der Waals surface area contributed by atoms with Crippen molar-refractivity contribution < 1.29 is 28.7 Å². The molecule has 8 heteroatoms. The van der Waals surface area contributed by atoms with Crippen molar-refractivity contribution >= 4 is 23.8 Å². The molecule has 2 heterocycles. The maximum atomic E-state index is 13.1. The van der Waals surface area contributed by atoms with Crippen LogP contribution in [0.5, 0.6) is 5.75 Å². The van der Waals surface area contributed by atoms with E-state index in [0.29, 0.717) is 39.1 Å². The molecule has 188 valence electrons. The molecule has 8 nitrogen and oxygen atoms in total. The van der Waals surface area contributed by atoms with Crippen molar-refractivity contribution in [3.05, 3.63) is 130 Å². The second kappa shape index (κ2) is 10.5. The zero-order valence-electron chi connectivity index (χ0n) is 20.4. The predicted molar refractivity (Wildman–Crippen MR) is 137 cm³/mol. The lowest BCUT2D eigenvalue weighted by Crippen LogP contribution is -2.30. The lowest BCUT2D eigenvalue weighted by molar-refractivity contribution is 0.0465. The van der Waals surface area contributed by atoms with Crippen molar-refractivity contribution in [3.63, 3.8) is 0 Å². The van der Waals surface area contributed by atoms with Gasteiger partial charge >= 0.3 is 11.9 Å². The maximum Gasteiger partial charge on any atom is 0.343 e. The van der Waals surface area contributed by atoms with E-state index < -0.39 is 23.8 Å². The molecular weight excluding hydrogens is 484 g/mol. The highest BCUT2D eigenvalue weighted by Gasteiger charge is 2.36. The van der Waals surface area contributed by atoms with Crippen LogP contribution in [0.2, 0.25) is 0 Å². The molecule has 0 aliphatic carbocycles. The van der Waals surface area contributed by atoms with Crippen LogP contribution in [0.1, 0.15) is 58.3 Å². The smallest absolute Gasteiger partial charge is 0.343 e. The molecule has 0 N–H and O–H groups in total. The predicted octanol–water partition coefficient (Wildman–Crippen LogP) is 4.76. The number of esters is 2. The van der Waals surface area contributed by atoms with E-state index in [0.717, 1.165) is 4.90 Å². The van der Waals surface area contributed by atoms with Crippen LogP contribution in [-0.4, -0.2) is 33.6 Å². The SMILES string of the molecule is Cc1ncc(COC(=O)c2ccccc2)c(CN2C(=O)c3ccccc3C2=O)c1OC(=O)c1ccccc1. The van der Waals surface area contributed by atoms with Crippen LogP contribution < -0.4 is 4.74 Å². The summed E-state index contributed by atoms with van der Waals surface area (Å²) in [6, 6.07) is 23.5. The molecule has 5 rings (SSSR count). The fraction of sp³-hybridized carbons (Fsp3) is 0.100. The summed E-state index contributed by atoms with van der Waals surface area (Å²) in [4.78, 5) is 57.2. The van der Waals surface area contributed by atoms with Crippen molar-refractivity contribution in [2.24, 2.45) is 0 Å². The van der Waals surface area contributed by atoms with E-state index in [-0.39, 0.29) is 18.9 Å². The van der Waals surface area contributed by atoms with E-state index in [1.807, 2.05) is 0 Å². The minimum atomic E-state index is -0.627. The Bertz CT molecular complexity index is 1520. The molecule has 0 fully saturated rings. The first kappa shape index (κ1) is 24.6. The van der Waals surface area contributed by atoms with Gasteiger partial charge in [-0.25, -0.2) is 9.59 Å². The van der Waals surface area contributed by atoms with Crippen LogP contribution in [-0.2, 0) is 17.9 Å². The highest BCUT2D eigenvalue weighted by atomic mass is 16.5. The van der Waals surface area contributed by atoms with Gasteiger partial charge in [0.15, 0.2) is 5.75 Å². The molecule has 1 aliphatic rings. The Hall–Kier alpha value is -5.11. The van der Waals surface area contributed by atoms with E-state index in [1.165, 1.54) is 6.20 Å². The van der Waals surface area contributed by atoms with Gasteiger partial charge in [0, 0.05) is 17.3 Å². The number of carbonyl (C=O) groups is 4. The van der Waals surface area contributed by atoms with Gasteiger partial charge in [-0.15, -0.1) is 0 Å². The second-order valence-electron chi connectivity index (χ2n) is 8.62. The first-order valence-corrected chi connectivity index (χ1v) is 11.9. The number of fused-ring (bicyclic) bond motifs is 1. The quantitative estimate of drug-likeness (QED) is 0.263. The molecule has 0 saturated carbocycles. The lowest BCUT2D eigenvalue weighted by Gasteiger charge is -2.20. The lowest BCUT2D eigenvalue weighted by atomic mass is 10.1. The third kappa shape index (κ3) is 4.79. The normalized spacial score (nSPS) is 12.3. The minimum absolute atomic E-state index is 0.101. The molecule has 1 aromatic heterocycles. The standard InChI is InChI=1S/C30H22N2O6/c1-19-26(38-30(36)21-12-6-3-7-13-21)25(17-32-27(33)23-14-8-9-15-24(23)28(32)34)22(16-31-19)18-37-29(35)20-10-4-2-5-11-20/h2-16H,17-18H2,1H3. The van der Waals surface area contributed by atoms with Gasteiger partial charge in [-0.3, -0.25) is 19.5 Å². The van der Waals surface area contributed by atoms with Gasteiger partial charge in [0.05, 0.1) is 34.5 Å². The van der Waals surface area contributed by atoms with Gasteiger partial charge in [-0.1, -0.05) is 48.5 Å². The number of nitrogens with zero attached hydrogens (tertiary/aromatic N) is 2. The number of hydrogen-bond acceptors (Lipinski definition) is 7. The van der Waals surface area contributed by atoms with Gasteiger partial charge in [0.1, 0.15) is 6.61 Å². The maximum absolute atomic E-state index is 13.1. The van der Waals surface area contributed by atoms with Crippen molar-refractivity contribution in [1.82, 2.24) is 9.88 Å².